The van der Waals surface area contributed by atoms with Crippen molar-refractivity contribution in [2.24, 2.45) is 0 Å². The van der Waals surface area contributed by atoms with Crippen molar-refractivity contribution >= 4 is 5.91 Å². The number of aryl methyl sites for hydroxylation is 1. The normalized spacial score (nSPS) is 13.8. The van der Waals surface area contributed by atoms with Crippen LogP contribution in [-0.4, -0.2) is 24.5 Å². The molecule has 0 saturated carbocycles. The molecule has 0 aliphatic carbocycles. The molecular weight excluding hydrogens is 236 g/mol. The zero-order valence-corrected chi connectivity index (χ0v) is 12.3. The molecule has 2 unspecified atom stereocenters. The molecule has 0 fully saturated rings. The summed E-state index contributed by atoms with van der Waals surface area (Å²) in [6.07, 6.45) is 3.06. The second-order valence-electron chi connectivity index (χ2n) is 5.08. The molecule has 2 N–H and O–H groups in total. The zero-order valence-electron chi connectivity index (χ0n) is 12.3. The largest absolute Gasteiger partial charge is 0.352 e. The average Bonchev–Trinajstić information content (AvgIpc) is 2.44. The SMILES string of the molecule is CCC(C)NC(=O)C(C)NCCCc1ccccc1. The molecule has 0 aromatic heterocycles. The average molecular weight is 262 g/mol. The van der Waals surface area contributed by atoms with Crippen molar-refractivity contribution in [3.63, 3.8) is 0 Å². The van der Waals surface area contributed by atoms with Crippen LogP contribution in [0.1, 0.15) is 39.2 Å². The molecule has 1 amide bonds. The second-order valence-corrected chi connectivity index (χ2v) is 5.08. The van der Waals surface area contributed by atoms with Crippen LogP contribution < -0.4 is 10.6 Å². The Hall–Kier alpha value is -1.35. The lowest BCUT2D eigenvalue weighted by Crippen LogP contribution is -2.45. The van der Waals surface area contributed by atoms with Gasteiger partial charge in [0.2, 0.25) is 5.91 Å². The van der Waals surface area contributed by atoms with Crippen LogP contribution >= 0.6 is 0 Å². The first-order valence-corrected chi connectivity index (χ1v) is 7.21. The van der Waals surface area contributed by atoms with Gasteiger partial charge in [0.05, 0.1) is 6.04 Å². The Morgan fingerprint density at radius 2 is 1.89 bits per heavy atom. The number of benzene rings is 1. The fourth-order valence-electron chi connectivity index (χ4n) is 1.82. The highest BCUT2D eigenvalue weighted by Gasteiger charge is 2.13. The standard InChI is InChI=1S/C16H26N2O/c1-4-13(2)18-16(19)14(3)17-12-8-11-15-9-6-5-7-10-15/h5-7,9-10,13-14,17H,4,8,11-12H2,1-3H3,(H,18,19). The Labute approximate surface area is 116 Å². The van der Waals surface area contributed by atoms with E-state index in [1.807, 2.05) is 19.9 Å². The number of hydrogen-bond donors (Lipinski definition) is 2. The number of carbonyl (C=O) groups is 1. The predicted octanol–water partition coefficient (Wildman–Crippen LogP) is 2.51. The molecule has 0 aliphatic heterocycles. The maximum absolute atomic E-state index is 11.8. The van der Waals surface area contributed by atoms with E-state index in [1.54, 1.807) is 0 Å². The molecule has 0 heterocycles. The van der Waals surface area contributed by atoms with Crippen molar-refractivity contribution in [1.82, 2.24) is 10.6 Å². The Morgan fingerprint density at radius 3 is 2.53 bits per heavy atom. The van der Waals surface area contributed by atoms with Crippen molar-refractivity contribution in [3.05, 3.63) is 35.9 Å². The highest BCUT2D eigenvalue weighted by molar-refractivity contribution is 5.81. The minimum atomic E-state index is -0.121. The van der Waals surface area contributed by atoms with Gasteiger partial charge in [0.15, 0.2) is 0 Å². The van der Waals surface area contributed by atoms with Gasteiger partial charge in [-0.3, -0.25) is 4.79 Å². The summed E-state index contributed by atoms with van der Waals surface area (Å²) >= 11 is 0. The summed E-state index contributed by atoms with van der Waals surface area (Å²) in [6.45, 7) is 6.88. The molecule has 0 radical (unpaired) electrons. The number of nitrogens with one attached hydrogen (secondary N) is 2. The van der Waals surface area contributed by atoms with E-state index in [0.29, 0.717) is 0 Å². The quantitative estimate of drug-likeness (QED) is 0.707. The minimum absolute atomic E-state index is 0.0917. The van der Waals surface area contributed by atoms with Crippen molar-refractivity contribution in [3.8, 4) is 0 Å². The number of rotatable bonds is 8. The van der Waals surface area contributed by atoms with Gasteiger partial charge in [-0.2, -0.15) is 0 Å². The van der Waals surface area contributed by atoms with Gasteiger partial charge in [0, 0.05) is 6.04 Å². The third kappa shape index (κ3) is 6.39. The van der Waals surface area contributed by atoms with Crippen LogP contribution in [0.3, 0.4) is 0 Å². The van der Waals surface area contributed by atoms with Crippen LogP contribution in [0.15, 0.2) is 30.3 Å². The van der Waals surface area contributed by atoms with Gasteiger partial charge < -0.3 is 10.6 Å². The van der Waals surface area contributed by atoms with E-state index in [4.69, 9.17) is 0 Å². The Bertz CT molecular complexity index is 364. The van der Waals surface area contributed by atoms with Gasteiger partial charge in [-0.1, -0.05) is 37.3 Å². The molecule has 106 valence electrons. The first-order valence-electron chi connectivity index (χ1n) is 7.21. The number of carbonyl (C=O) groups excluding carboxylic acids is 1. The first-order chi connectivity index (χ1) is 9.13. The highest BCUT2D eigenvalue weighted by Crippen LogP contribution is 2.01. The van der Waals surface area contributed by atoms with Gasteiger partial charge in [-0.25, -0.2) is 0 Å². The molecule has 1 aromatic carbocycles. The Balaban J connectivity index is 2.16. The molecule has 1 rings (SSSR count). The lowest BCUT2D eigenvalue weighted by atomic mass is 10.1. The fourth-order valence-corrected chi connectivity index (χ4v) is 1.82. The molecule has 0 bridgehead atoms. The number of amides is 1. The van der Waals surface area contributed by atoms with E-state index in [2.05, 4.69) is 41.8 Å². The molecule has 0 spiro atoms. The number of hydrogen-bond acceptors (Lipinski definition) is 2. The van der Waals surface area contributed by atoms with Gasteiger partial charge in [-0.05, 0) is 45.2 Å². The van der Waals surface area contributed by atoms with E-state index in [-0.39, 0.29) is 18.0 Å². The zero-order chi connectivity index (χ0) is 14.1. The maximum Gasteiger partial charge on any atom is 0.237 e. The van der Waals surface area contributed by atoms with Gasteiger partial charge in [0.1, 0.15) is 0 Å². The van der Waals surface area contributed by atoms with E-state index < -0.39 is 0 Å². The van der Waals surface area contributed by atoms with E-state index in [0.717, 1.165) is 25.8 Å². The summed E-state index contributed by atoms with van der Waals surface area (Å²) < 4.78 is 0. The van der Waals surface area contributed by atoms with Crippen LogP contribution in [0.4, 0.5) is 0 Å². The van der Waals surface area contributed by atoms with Crippen LogP contribution in [0.25, 0.3) is 0 Å². The molecule has 19 heavy (non-hydrogen) atoms. The monoisotopic (exact) mass is 262 g/mol. The summed E-state index contributed by atoms with van der Waals surface area (Å²) in [4.78, 5) is 11.8. The van der Waals surface area contributed by atoms with Crippen LogP contribution in [0.2, 0.25) is 0 Å². The topological polar surface area (TPSA) is 41.1 Å². The first kappa shape index (κ1) is 15.7. The summed E-state index contributed by atoms with van der Waals surface area (Å²) in [6, 6.07) is 10.6. The lowest BCUT2D eigenvalue weighted by Gasteiger charge is -2.17. The van der Waals surface area contributed by atoms with Crippen LogP contribution in [0.5, 0.6) is 0 Å². The molecule has 1 aromatic rings. The van der Waals surface area contributed by atoms with E-state index in [9.17, 15) is 4.79 Å². The molecule has 3 heteroatoms. The van der Waals surface area contributed by atoms with Crippen molar-refractivity contribution in [1.29, 1.82) is 0 Å². The van der Waals surface area contributed by atoms with Gasteiger partial charge >= 0.3 is 0 Å². The third-order valence-electron chi connectivity index (χ3n) is 3.33. The van der Waals surface area contributed by atoms with Crippen LogP contribution in [-0.2, 0) is 11.2 Å². The molecule has 2 atom stereocenters. The van der Waals surface area contributed by atoms with Gasteiger partial charge in [0.25, 0.3) is 0 Å². The molecule has 0 saturated heterocycles. The maximum atomic E-state index is 11.8. The Morgan fingerprint density at radius 1 is 1.21 bits per heavy atom. The van der Waals surface area contributed by atoms with Crippen LogP contribution in [0, 0.1) is 0 Å². The molecule has 0 aliphatic rings. The molecule has 3 nitrogen and oxygen atoms in total. The van der Waals surface area contributed by atoms with E-state index >= 15 is 0 Å². The lowest BCUT2D eigenvalue weighted by molar-refractivity contribution is -0.123. The summed E-state index contributed by atoms with van der Waals surface area (Å²) in [5.41, 5.74) is 1.35. The minimum Gasteiger partial charge on any atom is -0.352 e. The second kappa shape index (κ2) is 8.70. The van der Waals surface area contributed by atoms with Gasteiger partial charge in [-0.15, -0.1) is 0 Å². The summed E-state index contributed by atoms with van der Waals surface area (Å²) in [5, 5.41) is 6.26. The predicted molar refractivity (Wildman–Crippen MR) is 80.1 cm³/mol. The Kier molecular flexibility index (Phi) is 7.19. The third-order valence-corrected chi connectivity index (χ3v) is 3.33. The van der Waals surface area contributed by atoms with Crippen molar-refractivity contribution in [2.75, 3.05) is 6.54 Å². The van der Waals surface area contributed by atoms with Crippen molar-refractivity contribution in [2.45, 2.75) is 52.1 Å². The summed E-state index contributed by atoms with van der Waals surface area (Å²) in [5.74, 6) is 0.0917. The van der Waals surface area contributed by atoms with E-state index in [1.165, 1.54) is 5.56 Å². The van der Waals surface area contributed by atoms with Crippen molar-refractivity contribution < 1.29 is 4.79 Å². The molecular formula is C16H26N2O. The smallest absolute Gasteiger partial charge is 0.237 e. The highest BCUT2D eigenvalue weighted by atomic mass is 16.2. The summed E-state index contributed by atoms with van der Waals surface area (Å²) in [7, 11) is 0. The fraction of sp³-hybridized carbons (Fsp3) is 0.562.